The molecule has 1 saturated heterocycles. The van der Waals surface area contributed by atoms with Gasteiger partial charge in [0.2, 0.25) is 0 Å². The number of hydrogen-bond donors (Lipinski definition) is 2. The van der Waals surface area contributed by atoms with Crippen LogP contribution < -0.4 is 5.32 Å². The van der Waals surface area contributed by atoms with Crippen LogP contribution in [0.1, 0.15) is 20.3 Å². The second kappa shape index (κ2) is 6.56. The van der Waals surface area contributed by atoms with Crippen molar-refractivity contribution in [3.63, 3.8) is 0 Å². The lowest BCUT2D eigenvalue weighted by Crippen LogP contribution is -2.51. The van der Waals surface area contributed by atoms with Crippen molar-refractivity contribution in [2.75, 3.05) is 19.8 Å². The van der Waals surface area contributed by atoms with E-state index < -0.39 is 24.0 Å². The van der Waals surface area contributed by atoms with Crippen LogP contribution in [0.25, 0.3) is 0 Å². The van der Waals surface area contributed by atoms with Gasteiger partial charge in [0.25, 0.3) is 5.91 Å². The first-order valence-electron chi connectivity index (χ1n) is 5.78. The number of carbonyl (C=O) groups excluding carboxylic acids is 1. The molecule has 0 aromatic rings. The zero-order valence-electron chi connectivity index (χ0n) is 10.1. The molecule has 0 aromatic carbocycles. The molecule has 98 valence electrons. The average Bonchev–Trinajstić information content (AvgIpc) is 2.35. The fourth-order valence-corrected chi connectivity index (χ4v) is 1.57. The van der Waals surface area contributed by atoms with E-state index in [2.05, 4.69) is 5.32 Å². The third kappa shape index (κ3) is 3.98. The maximum absolute atomic E-state index is 11.8. The number of ether oxygens (including phenoxy) is 2. The van der Waals surface area contributed by atoms with Crippen molar-refractivity contribution in [2.24, 2.45) is 5.92 Å². The van der Waals surface area contributed by atoms with Crippen LogP contribution in [0.2, 0.25) is 0 Å². The van der Waals surface area contributed by atoms with E-state index >= 15 is 0 Å². The van der Waals surface area contributed by atoms with Crippen molar-refractivity contribution in [1.82, 2.24) is 5.32 Å². The molecule has 1 amide bonds. The SMILES string of the molecule is CC[C@H](C)[C@@H](NC(=O)[C@@H]1COCCO1)C(=O)O. The molecule has 2 N–H and O–H groups in total. The number of aliphatic carboxylic acids is 1. The van der Waals surface area contributed by atoms with Crippen LogP contribution in [0.5, 0.6) is 0 Å². The number of carboxylic acid groups (broad SMARTS) is 1. The first kappa shape index (κ1) is 13.9. The van der Waals surface area contributed by atoms with Crippen LogP contribution >= 0.6 is 0 Å². The van der Waals surface area contributed by atoms with Gasteiger partial charge in [-0.3, -0.25) is 4.79 Å². The molecule has 0 aliphatic carbocycles. The summed E-state index contributed by atoms with van der Waals surface area (Å²) in [6, 6.07) is -0.877. The van der Waals surface area contributed by atoms with E-state index in [-0.39, 0.29) is 12.5 Å². The van der Waals surface area contributed by atoms with Crippen molar-refractivity contribution < 1.29 is 24.2 Å². The predicted molar refractivity (Wildman–Crippen MR) is 59.6 cm³/mol. The van der Waals surface area contributed by atoms with E-state index in [1.807, 2.05) is 6.92 Å². The summed E-state index contributed by atoms with van der Waals surface area (Å²) in [5, 5.41) is 11.5. The fourth-order valence-electron chi connectivity index (χ4n) is 1.57. The summed E-state index contributed by atoms with van der Waals surface area (Å²) in [6.07, 6.45) is -0.0196. The topological polar surface area (TPSA) is 84.9 Å². The van der Waals surface area contributed by atoms with Crippen LogP contribution in [0.3, 0.4) is 0 Å². The van der Waals surface area contributed by atoms with Crippen molar-refractivity contribution in [2.45, 2.75) is 32.4 Å². The Kier molecular flexibility index (Phi) is 5.37. The maximum Gasteiger partial charge on any atom is 0.326 e. The minimum Gasteiger partial charge on any atom is -0.480 e. The standard InChI is InChI=1S/C11H19NO5/c1-3-7(2)9(11(14)15)12-10(13)8-6-16-4-5-17-8/h7-9H,3-6H2,1-2H3,(H,12,13)(H,14,15)/t7-,8-,9+/m0/s1. The Morgan fingerprint density at radius 2 is 2.18 bits per heavy atom. The summed E-state index contributed by atoms with van der Waals surface area (Å²) in [6.45, 7) is 4.68. The van der Waals surface area contributed by atoms with Gasteiger partial charge in [0.1, 0.15) is 6.04 Å². The number of carbonyl (C=O) groups is 2. The summed E-state index contributed by atoms with van der Waals surface area (Å²) in [5.74, 6) is -1.57. The third-order valence-electron chi connectivity index (χ3n) is 2.89. The smallest absolute Gasteiger partial charge is 0.326 e. The van der Waals surface area contributed by atoms with E-state index in [0.29, 0.717) is 19.6 Å². The zero-order valence-corrected chi connectivity index (χ0v) is 10.1. The van der Waals surface area contributed by atoms with Gasteiger partial charge in [-0.15, -0.1) is 0 Å². The maximum atomic E-state index is 11.8. The molecule has 1 heterocycles. The Morgan fingerprint density at radius 3 is 2.65 bits per heavy atom. The van der Waals surface area contributed by atoms with Gasteiger partial charge in [-0.05, 0) is 5.92 Å². The van der Waals surface area contributed by atoms with Crippen LogP contribution in [0.15, 0.2) is 0 Å². The lowest BCUT2D eigenvalue weighted by Gasteiger charge is -2.26. The van der Waals surface area contributed by atoms with Gasteiger partial charge in [0.05, 0.1) is 19.8 Å². The summed E-state index contributed by atoms with van der Waals surface area (Å²) >= 11 is 0. The molecule has 0 aromatic heterocycles. The van der Waals surface area contributed by atoms with E-state index in [1.54, 1.807) is 6.92 Å². The second-order valence-electron chi connectivity index (χ2n) is 4.14. The molecule has 6 nitrogen and oxygen atoms in total. The minimum atomic E-state index is -1.02. The van der Waals surface area contributed by atoms with Gasteiger partial charge < -0.3 is 19.9 Å². The molecular formula is C11H19NO5. The molecule has 0 saturated carbocycles. The molecule has 17 heavy (non-hydrogen) atoms. The number of rotatable bonds is 5. The molecule has 1 fully saturated rings. The summed E-state index contributed by atoms with van der Waals surface area (Å²) in [4.78, 5) is 22.8. The molecule has 1 aliphatic heterocycles. The van der Waals surface area contributed by atoms with Crippen molar-refractivity contribution in [3.8, 4) is 0 Å². The number of carboxylic acids is 1. The van der Waals surface area contributed by atoms with E-state index in [4.69, 9.17) is 14.6 Å². The highest BCUT2D eigenvalue weighted by Crippen LogP contribution is 2.09. The van der Waals surface area contributed by atoms with Gasteiger partial charge in [-0.2, -0.15) is 0 Å². The number of hydrogen-bond acceptors (Lipinski definition) is 4. The molecule has 1 aliphatic rings. The zero-order chi connectivity index (χ0) is 12.8. The summed E-state index contributed by atoms with van der Waals surface area (Å²) in [5.41, 5.74) is 0. The highest BCUT2D eigenvalue weighted by molar-refractivity contribution is 5.86. The van der Waals surface area contributed by atoms with Gasteiger partial charge in [0, 0.05) is 0 Å². The Balaban J connectivity index is 2.53. The molecule has 6 heteroatoms. The summed E-state index contributed by atoms with van der Waals surface area (Å²) < 4.78 is 10.3. The van der Waals surface area contributed by atoms with E-state index in [0.717, 1.165) is 0 Å². The largest absolute Gasteiger partial charge is 0.480 e. The normalized spacial score (nSPS) is 23.8. The third-order valence-corrected chi connectivity index (χ3v) is 2.89. The Hall–Kier alpha value is -1.14. The van der Waals surface area contributed by atoms with Gasteiger partial charge in [-0.1, -0.05) is 20.3 Å². The van der Waals surface area contributed by atoms with E-state index in [1.165, 1.54) is 0 Å². The Labute approximate surface area is 100 Å². The first-order chi connectivity index (χ1) is 8.06. The highest BCUT2D eigenvalue weighted by atomic mass is 16.6. The van der Waals surface area contributed by atoms with E-state index in [9.17, 15) is 9.59 Å². The van der Waals surface area contributed by atoms with Gasteiger partial charge >= 0.3 is 5.97 Å². The second-order valence-corrected chi connectivity index (χ2v) is 4.14. The molecule has 0 bridgehead atoms. The first-order valence-corrected chi connectivity index (χ1v) is 5.78. The van der Waals surface area contributed by atoms with Crippen LogP contribution in [-0.4, -0.2) is 48.9 Å². The lowest BCUT2D eigenvalue weighted by atomic mass is 9.99. The molecular weight excluding hydrogens is 226 g/mol. The van der Waals surface area contributed by atoms with Crippen molar-refractivity contribution in [1.29, 1.82) is 0 Å². The van der Waals surface area contributed by atoms with Crippen molar-refractivity contribution in [3.05, 3.63) is 0 Å². The lowest BCUT2D eigenvalue weighted by molar-refractivity contribution is -0.153. The summed E-state index contributed by atoms with van der Waals surface area (Å²) in [7, 11) is 0. The molecule has 1 rings (SSSR count). The fraction of sp³-hybridized carbons (Fsp3) is 0.818. The van der Waals surface area contributed by atoms with Crippen LogP contribution in [0.4, 0.5) is 0 Å². The predicted octanol–water partition coefficient (Wildman–Crippen LogP) is 0.0173. The van der Waals surface area contributed by atoms with Gasteiger partial charge in [-0.25, -0.2) is 4.79 Å². The quantitative estimate of drug-likeness (QED) is 0.713. The molecule has 0 spiro atoms. The highest BCUT2D eigenvalue weighted by Gasteiger charge is 2.30. The molecule has 0 radical (unpaired) electrons. The van der Waals surface area contributed by atoms with Gasteiger partial charge in [0.15, 0.2) is 6.10 Å². The monoisotopic (exact) mass is 245 g/mol. The van der Waals surface area contributed by atoms with Crippen LogP contribution in [0, 0.1) is 5.92 Å². The average molecular weight is 245 g/mol. The van der Waals surface area contributed by atoms with Crippen LogP contribution in [-0.2, 0) is 19.1 Å². The number of amides is 1. The molecule has 3 atom stereocenters. The molecule has 0 unspecified atom stereocenters. The van der Waals surface area contributed by atoms with Crippen molar-refractivity contribution >= 4 is 11.9 Å². The minimum absolute atomic E-state index is 0.124. The Morgan fingerprint density at radius 1 is 1.47 bits per heavy atom. The number of nitrogens with one attached hydrogen (secondary N) is 1. The Bertz CT molecular complexity index is 275.